The second-order valence-corrected chi connectivity index (χ2v) is 8.31. The maximum Gasteiger partial charge on any atom is 0.0720 e. The van der Waals surface area contributed by atoms with Crippen LogP contribution < -0.4 is 0 Å². The zero-order chi connectivity index (χ0) is 18.6. The Morgan fingerprint density at radius 1 is 0.862 bits per heavy atom. The molecule has 0 aliphatic carbocycles. The van der Waals surface area contributed by atoms with Crippen molar-refractivity contribution in [2.75, 3.05) is 26.2 Å². The quantitative estimate of drug-likeness (QED) is 0.754. The zero-order valence-electron chi connectivity index (χ0n) is 17.2. The molecule has 2 aliphatic rings. The Labute approximate surface area is 187 Å². The summed E-state index contributed by atoms with van der Waals surface area (Å²) in [6.07, 6.45) is 3.09. The average Bonchev–Trinajstić information content (AvgIpc) is 2.72. The molecule has 2 aromatic rings. The van der Waals surface area contributed by atoms with E-state index in [4.69, 9.17) is 0 Å². The fourth-order valence-corrected chi connectivity index (χ4v) is 4.81. The van der Waals surface area contributed by atoms with Crippen molar-refractivity contribution < 1.29 is 5.11 Å². The molecule has 3 nitrogen and oxygen atoms in total. The topological polar surface area (TPSA) is 26.7 Å². The molecular weight excluding hydrogens is 403 g/mol. The van der Waals surface area contributed by atoms with E-state index in [0.717, 1.165) is 39.1 Å². The van der Waals surface area contributed by atoms with E-state index < -0.39 is 0 Å². The van der Waals surface area contributed by atoms with Gasteiger partial charge in [0.15, 0.2) is 0 Å². The van der Waals surface area contributed by atoms with Crippen LogP contribution in [0.4, 0.5) is 0 Å². The molecule has 5 heteroatoms. The third-order valence-corrected chi connectivity index (χ3v) is 6.56. The minimum Gasteiger partial charge on any atom is -0.391 e. The molecule has 2 atom stereocenters. The van der Waals surface area contributed by atoms with Crippen molar-refractivity contribution in [3.63, 3.8) is 0 Å². The summed E-state index contributed by atoms with van der Waals surface area (Å²) in [5.41, 5.74) is 4.25. The van der Waals surface area contributed by atoms with Gasteiger partial charge in [-0.15, -0.1) is 24.8 Å². The van der Waals surface area contributed by atoms with Gasteiger partial charge >= 0.3 is 0 Å². The van der Waals surface area contributed by atoms with Gasteiger partial charge < -0.3 is 5.11 Å². The molecular formula is C24H34Cl2N2O. The molecule has 0 unspecified atom stereocenters. The van der Waals surface area contributed by atoms with Gasteiger partial charge in [0.25, 0.3) is 0 Å². The first-order chi connectivity index (χ1) is 13.2. The Bertz CT molecular complexity index is 735. The number of likely N-dealkylation sites (tertiary alicyclic amines) is 2. The van der Waals surface area contributed by atoms with Gasteiger partial charge in [0.1, 0.15) is 0 Å². The Kier molecular flexibility index (Phi) is 9.45. The number of aliphatic hydroxyl groups excluding tert-OH is 1. The number of rotatable bonds is 4. The number of hydrogen-bond acceptors (Lipinski definition) is 3. The lowest BCUT2D eigenvalue weighted by atomic mass is 9.88. The van der Waals surface area contributed by atoms with Crippen LogP contribution >= 0.6 is 24.8 Å². The standard InChI is InChI=1S/C24H32N2O.2ClH/c1-19-7-5-6-10-22(19)17-25-14-13-24(27)23(18-25)26-15-11-21(12-16-26)20-8-3-2-4-9-20;;/h2-10,21,23-24,27H,11-18H2,1H3;2*1H/t23-,24-;;/m1../s1. The summed E-state index contributed by atoms with van der Waals surface area (Å²) in [5, 5.41) is 10.7. The van der Waals surface area contributed by atoms with E-state index in [1.54, 1.807) is 0 Å². The van der Waals surface area contributed by atoms with Crippen molar-refractivity contribution >= 4 is 24.8 Å². The van der Waals surface area contributed by atoms with Crippen LogP contribution in [0.15, 0.2) is 54.6 Å². The molecule has 0 saturated carbocycles. The number of hydrogen-bond donors (Lipinski definition) is 1. The summed E-state index contributed by atoms with van der Waals surface area (Å²) in [6, 6.07) is 19.9. The summed E-state index contributed by atoms with van der Waals surface area (Å²) in [4.78, 5) is 5.08. The Morgan fingerprint density at radius 3 is 2.21 bits per heavy atom. The molecule has 0 bridgehead atoms. The van der Waals surface area contributed by atoms with Crippen LogP contribution in [0, 0.1) is 6.92 Å². The molecule has 2 heterocycles. The molecule has 2 saturated heterocycles. The number of nitrogens with zero attached hydrogens (tertiary/aromatic N) is 2. The lowest BCUT2D eigenvalue weighted by molar-refractivity contribution is -0.0222. The first kappa shape index (κ1) is 24.2. The largest absolute Gasteiger partial charge is 0.391 e. The van der Waals surface area contributed by atoms with E-state index in [9.17, 15) is 5.11 Å². The lowest BCUT2D eigenvalue weighted by Crippen LogP contribution is -2.56. The van der Waals surface area contributed by atoms with Crippen molar-refractivity contribution in [1.82, 2.24) is 9.80 Å². The van der Waals surface area contributed by atoms with Crippen LogP contribution in [0.2, 0.25) is 0 Å². The number of aryl methyl sites for hydroxylation is 1. The zero-order valence-corrected chi connectivity index (χ0v) is 18.9. The molecule has 1 N–H and O–H groups in total. The van der Waals surface area contributed by atoms with E-state index >= 15 is 0 Å². The van der Waals surface area contributed by atoms with E-state index in [1.165, 1.54) is 29.5 Å². The molecule has 0 amide bonds. The van der Waals surface area contributed by atoms with Gasteiger partial charge in [-0.3, -0.25) is 9.80 Å². The molecule has 29 heavy (non-hydrogen) atoms. The van der Waals surface area contributed by atoms with Gasteiger partial charge in [-0.1, -0.05) is 54.6 Å². The molecule has 0 aromatic heterocycles. The molecule has 2 fully saturated rings. The van der Waals surface area contributed by atoms with Gasteiger partial charge in [0, 0.05) is 25.7 Å². The summed E-state index contributed by atoms with van der Waals surface area (Å²) in [5.74, 6) is 0.672. The second kappa shape index (κ2) is 11.3. The number of benzene rings is 2. The number of aliphatic hydroxyl groups is 1. The van der Waals surface area contributed by atoms with Gasteiger partial charge in [-0.05, 0) is 61.9 Å². The maximum absolute atomic E-state index is 10.7. The predicted molar refractivity (Wildman–Crippen MR) is 125 cm³/mol. The maximum atomic E-state index is 10.7. The highest BCUT2D eigenvalue weighted by atomic mass is 35.5. The summed E-state index contributed by atoms with van der Waals surface area (Å²) >= 11 is 0. The number of halogens is 2. The van der Waals surface area contributed by atoms with E-state index in [0.29, 0.717) is 5.92 Å². The van der Waals surface area contributed by atoms with Crippen LogP contribution in [0.25, 0.3) is 0 Å². The third-order valence-electron chi connectivity index (χ3n) is 6.56. The Hall–Kier alpha value is -1.10. The van der Waals surface area contributed by atoms with Crippen molar-refractivity contribution in [3.05, 3.63) is 71.3 Å². The van der Waals surface area contributed by atoms with Crippen LogP contribution in [0.3, 0.4) is 0 Å². The van der Waals surface area contributed by atoms with Crippen LogP contribution in [-0.4, -0.2) is 53.2 Å². The lowest BCUT2D eigenvalue weighted by Gasteiger charge is -2.45. The van der Waals surface area contributed by atoms with Crippen molar-refractivity contribution in [2.24, 2.45) is 0 Å². The average molecular weight is 437 g/mol. The van der Waals surface area contributed by atoms with Crippen LogP contribution in [0.5, 0.6) is 0 Å². The normalized spacial score (nSPS) is 23.8. The fraction of sp³-hybridized carbons (Fsp3) is 0.500. The van der Waals surface area contributed by atoms with Crippen molar-refractivity contribution in [1.29, 1.82) is 0 Å². The second-order valence-electron chi connectivity index (χ2n) is 8.31. The molecule has 0 spiro atoms. The SMILES string of the molecule is Cc1ccccc1CN1CC[C@@H](O)[C@H](N2CCC(c3ccccc3)CC2)C1.Cl.Cl. The minimum absolute atomic E-state index is 0. The Morgan fingerprint density at radius 2 is 1.52 bits per heavy atom. The van der Waals surface area contributed by atoms with Gasteiger partial charge in [0.2, 0.25) is 0 Å². The highest BCUT2D eigenvalue weighted by molar-refractivity contribution is 5.85. The summed E-state index contributed by atoms with van der Waals surface area (Å²) < 4.78 is 0. The smallest absolute Gasteiger partial charge is 0.0720 e. The third kappa shape index (κ3) is 5.96. The minimum atomic E-state index is -0.189. The monoisotopic (exact) mass is 436 g/mol. The number of piperidine rings is 2. The highest BCUT2D eigenvalue weighted by Crippen LogP contribution is 2.30. The summed E-state index contributed by atoms with van der Waals surface area (Å²) in [6.45, 7) is 7.35. The van der Waals surface area contributed by atoms with E-state index in [-0.39, 0.29) is 37.0 Å². The predicted octanol–water partition coefficient (Wildman–Crippen LogP) is 4.65. The first-order valence-electron chi connectivity index (χ1n) is 10.4. The Balaban J connectivity index is 0.00000150. The molecule has 0 radical (unpaired) electrons. The van der Waals surface area contributed by atoms with Crippen molar-refractivity contribution in [2.45, 2.75) is 50.8 Å². The molecule has 160 valence electrons. The first-order valence-corrected chi connectivity index (χ1v) is 10.4. The van der Waals surface area contributed by atoms with Crippen LogP contribution in [0.1, 0.15) is 41.9 Å². The molecule has 4 rings (SSSR count). The van der Waals surface area contributed by atoms with Gasteiger partial charge in [-0.2, -0.15) is 0 Å². The van der Waals surface area contributed by atoms with Crippen LogP contribution in [-0.2, 0) is 6.54 Å². The molecule has 2 aliphatic heterocycles. The van der Waals surface area contributed by atoms with Crippen molar-refractivity contribution in [3.8, 4) is 0 Å². The van der Waals surface area contributed by atoms with E-state index in [2.05, 4.69) is 71.3 Å². The highest BCUT2D eigenvalue weighted by Gasteiger charge is 2.34. The summed E-state index contributed by atoms with van der Waals surface area (Å²) in [7, 11) is 0. The van der Waals surface area contributed by atoms with Gasteiger partial charge in [0.05, 0.1) is 6.10 Å². The van der Waals surface area contributed by atoms with E-state index in [1.807, 2.05) is 0 Å². The fourth-order valence-electron chi connectivity index (χ4n) is 4.81. The molecule has 2 aromatic carbocycles. The van der Waals surface area contributed by atoms with Gasteiger partial charge in [-0.25, -0.2) is 0 Å².